The fraction of sp³-hybridized carbons (Fsp3) is 0.429. The summed E-state index contributed by atoms with van der Waals surface area (Å²) < 4.78 is 3.58. The molecule has 0 saturated heterocycles. The van der Waals surface area contributed by atoms with Crippen LogP contribution in [0.15, 0.2) is 24.5 Å². The average Bonchev–Trinajstić information content (AvgIpc) is 2.69. The van der Waals surface area contributed by atoms with Crippen LogP contribution in [0.3, 0.4) is 0 Å². The summed E-state index contributed by atoms with van der Waals surface area (Å²) in [6.07, 6.45) is 8.61. The van der Waals surface area contributed by atoms with E-state index in [-0.39, 0.29) is 5.91 Å². The van der Waals surface area contributed by atoms with Crippen LogP contribution < -0.4 is 9.62 Å². The van der Waals surface area contributed by atoms with Gasteiger partial charge < -0.3 is 4.90 Å². The van der Waals surface area contributed by atoms with E-state index in [9.17, 15) is 4.79 Å². The zero-order valence-corrected chi connectivity index (χ0v) is 17.3. The smallest absolute Gasteiger partial charge is 0.227 e. The van der Waals surface area contributed by atoms with Crippen LogP contribution in [0.1, 0.15) is 48.9 Å². The van der Waals surface area contributed by atoms with Crippen LogP contribution in [0.2, 0.25) is 5.02 Å². The molecule has 1 atom stereocenters. The van der Waals surface area contributed by atoms with Gasteiger partial charge in [0.15, 0.2) is 0 Å². The van der Waals surface area contributed by atoms with Crippen molar-refractivity contribution in [2.75, 3.05) is 17.7 Å². The number of pyridine rings is 1. The summed E-state index contributed by atoms with van der Waals surface area (Å²) in [4.78, 5) is 18.3. The third kappa shape index (κ3) is 3.48. The Morgan fingerprint density at radius 1 is 1.26 bits per heavy atom. The molecule has 2 aromatic rings. The van der Waals surface area contributed by atoms with Crippen molar-refractivity contribution >= 4 is 35.1 Å². The lowest BCUT2D eigenvalue weighted by Gasteiger charge is -2.29. The molecule has 142 valence electrons. The van der Waals surface area contributed by atoms with E-state index in [1.54, 1.807) is 16.8 Å². The Morgan fingerprint density at radius 3 is 2.93 bits per heavy atom. The fourth-order valence-electron chi connectivity index (χ4n) is 4.13. The number of aromatic nitrogens is 1. The maximum atomic E-state index is 12.0. The van der Waals surface area contributed by atoms with Crippen LogP contribution in [-0.4, -0.2) is 23.7 Å². The van der Waals surface area contributed by atoms with Gasteiger partial charge in [0, 0.05) is 54.5 Å². The van der Waals surface area contributed by atoms with E-state index in [4.69, 9.17) is 11.6 Å². The van der Waals surface area contributed by atoms with Crippen molar-refractivity contribution in [1.82, 2.24) is 9.71 Å². The van der Waals surface area contributed by atoms with Gasteiger partial charge in [-0.2, -0.15) is 0 Å². The van der Waals surface area contributed by atoms with Crippen molar-refractivity contribution in [3.63, 3.8) is 0 Å². The number of fused-ring (bicyclic) bond motifs is 2. The Hall–Kier alpha value is -1.56. The first-order valence-electron chi connectivity index (χ1n) is 9.53. The predicted molar refractivity (Wildman–Crippen MR) is 113 cm³/mol. The Morgan fingerprint density at radius 2 is 2.11 bits per heavy atom. The maximum Gasteiger partial charge on any atom is 0.227 e. The summed E-state index contributed by atoms with van der Waals surface area (Å²) in [7, 11) is 1.82. The second-order valence-corrected chi connectivity index (χ2v) is 8.67. The minimum Gasteiger partial charge on any atom is -0.315 e. The van der Waals surface area contributed by atoms with Crippen LogP contribution in [0.25, 0.3) is 11.1 Å². The lowest BCUT2D eigenvalue weighted by molar-refractivity contribution is -0.118. The Balaban J connectivity index is 1.78. The standard InChI is InChI=1S/C21H24ClN3OS/c1-3-27-24-19-6-4-5-14-16(11-23-12-17(14)19)15-9-13-7-8-21(26)25(2)20(13)10-18(15)22/h9-12,19,24H,3-8H2,1-2H3. The van der Waals surface area contributed by atoms with Crippen LogP contribution >= 0.6 is 23.5 Å². The van der Waals surface area contributed by atoms with Gasteiger partial charge in [-0.3, -0.25) is 14.5 Å². The summed E-state index contributed by atoms with van der Waals surface area (Å²) in [6.45, 7) is 2.16. The monoisotopic (exact) mass is 401 g/mol. The molecule has 1 amide bonds. The van der Waals surface area contributed by atoms with Crippen LogP contribution in [-0.2, 0) is 17.6 Å². The quantitative estimate of drug-likeness (QED) is 0.736. The van der Waals surface area contributed by atoms with Gasteiger partial charge in [0.1, 0.15) is 0 Å². The second-order valence-electron chi connectivity index (χ2n) is 7.16. The molecule has 1 unspecified atom stereocenters. The Kier molecular flexibility index (Phi) is 5.44. The zero-order valence-electron chi connectivity index (χ0n) is 15.7. The van der Waals surface area contributed by atoms with E-state index in [1.807, 2.05) is 25.5 Å². The lowest BCUT2D eigenvalue weighted by Crippen LogP contribution is -2.31. The number of nitrogens with zero attached hydrogens (tertiary/aromatic N) is 2. The summed E-state index contributed by atoms with van der Waals surface area (Å²) in [6, 6.07) is 4.44. The fourth-order valence-corrected chi connectivity index (χ4v) is 5.00. The maximum absolute atomic E-state index is 12.0. The lowest BCUT2D eigenvalue weighted by atomic mass is 9.84. The largest absolute Gasteiger partial charge is 0.315 e. The molecule has 0 saturated carbocycles. The van der Waals surface area contributed by atoms with Crippen LogP contribution in [0, 0.1) is 0 Å². The molecule has 0 fully saturated rings. The highest BCUT2D eigenvalue weighted by atomic mass is 35.5. The number of rotatable bonds is 4. The van der Waals surface area contributed by atoms with Crippen molar-refractivity contribution < 1.29 is 4.79 Å². The third-order valence-electron chi connectivity index (χ3n) is 5.56. The third-order valence-corrected chi connectivity index (χ3v) is 6.61. The zero-order chi connectivity index (χ0) is 19.0. The number of carbonyl (C=O) groups excluding carboxylic acids is 1. The predicted octanol–water partition coefficient (Wildman–Crippen LogP) is 4.95. The first kappa shape index (κ1) is 18.8. The van der Waals surface area contributed by atoms with Crippen LogP contribution in [0.5, 0.6) is 0 Å². The molecule has 1 aromatic carbocycles. The first-order chi connectivity index (χ1) is 13.1. The normalized spacial score (nSPS) is 19.0. The number of benzene rings is 1. The van der Waals surface area contributed by atoms with Gasteiger partial charge in [-0.25, -0.2) is 0 Å². The van der Waals surface area contributed by atoms with Crippen molar-refractivity contribution in [1.29, 1.82) is 0 Å². The Labute approximate surface area is 169 Å². The molecule has 1 N–H and O–H groups in total. The van der Waals surface area contributed by atoms with Gasteiger partial charge in [0.05, 0.1) is 5.02 Å². The molecule has 2 heterocycles. The van der Waals surface area contributed by atoms with E-state index in [1.165, 1.54) is 16.7 Å². The first-order valence-corrected chi connectivity index (χ1v) is 10.9. The molecule has 1 aromatic heterocycles. The van der Waals surface area contributed by atoms with Gasteiger partial charge in [-0.05, 0) is 54.5 Å². The molecule has 4 nitrogen and oxygen atoms in total. The summed E-state index contributed by atoms with van der Waals surface area (Å²) in [5.41, 5.74) is 6.92. The average molecular weight is 402 g/mol. The van der Waals surface area contributed by atoms with Crippen molar-refractivity contribution in [3.05, 3.63) is 46.2 Å². The van der Waals surface area contributed by atoms with Gasteiger partial charge in [0.2, 0.25) is 5.91 Å². The topological polar surface area (TPSA) is 45.2 Å². The summed E-state index contributed by atoms with van der Waals surface area (Å²) >= 11 is 8.45. The van der Waals surface area contributed by atoms with Gasteiger partial charge in [-0.1, -0.05) is 30.5 Å². The number of amides is 1. The highest BCUT2D eigenvalue weighted by Crippen LogP contribution is 2.41. The van der Waals surface area contributed by atoms with Gasteiger partial charge in [0.25, 0.3) is 0 Å². The van der Waals surface area contributed by atoms with Crippen molar-refractivity contribution in [2.45, 2.75) is 45.1 Å². The van der Waals surface area contributed by atoms with E-state index >= 15 is 0 Å². The number of halogens is 1. The molecule has 27 heavy (non-hydrogen) atoms. The highest BCUT2D eigenvalue weighted by molar-refractivity contribution is 7.97. The number of aryl methyl sites for hydroxylation is 1. The molecule has 0 spiro atoms. The minimum absolute atomic E-state index is 0.146. The molecule has 0 radical (unpaired) electrons. The molecule has 0 bridgehead atoms. The molecule has 1 aliphatic heterocycles. The van der Waals surface area contributed by atoms with Crippen LogP contribution in [0.4, 0.5) is 5.69 Å². The second kappa shape index (κ2) is 7.82. The number of hydrogen-bond donors (Lipinski definition) is 1. The molecular weight excluding hydrogens is 378 g/mol. The number of carbonyl (C=O) groups is 1. The van der Waals surface area contributed by atoms with Gasteiger partial charge in [-0.15, -0.1) is 0 Å². The number of anilines is 1. The number of hydrogen-bond acceptors (Lipinski definition) is 4. The molecule has 4 rings (SSSR count). The minimum atomic E-state index is 0.146. The molecular formula is C21H24ClN3OS. The molecule has 2 aliphatic rings. The molecule has 6 heteroatoms. The number of nitrogens with one attached hydrogen (secondary N) is 1. The van der Waals surface area contributed by atoms with E-state index in [0.717, 1.165) is 48.3 Å². The SMILES string of the molecule is CCSNC1CCCc2c(-c3cc4c(cc3Cl)N(C)C(=O)CC4)cncc21. The molecule has 1 aliphatic carbocycles. The van der Waals surface area contributed by atoms with E-state index in [0.29, 0.717) is 17.5 Å². The summed E-state index contributed by atoms with van der Waals surface area (Å²) in [5.74, 6) is 1.19. The van der Waals surface area contributed by atoms with E-state index < -0.39 is 0 Å². The van der Waals surface area contributed by atoms with Gasteiger partial charge >= 0.3 is 0 Å². The Bertz CT molecular complexity index is 886. The van der Waals surface area contributed by atoms with E-state index in [2.05, 4.69) is 22.7 Å². The van der Waals surface area contributed by atoms with Crippen molar-refractivity contribution in [2.24, 2.45) is 0 Å². The summed E-state index contributed by atoms with van der Waals surface area (Å²) in [5, 5.41) is 0.684. The van der Waals surface area contributed by atoms with Crippen molar-refractivity contribution in [3.8, 4) is 11.1 Å². The highest BCUT2D eigenvalue weighted by Gasteiger charge is 2.26.